The Bertz CT molecular complexity index is 1160. The van der Waals surface area contributed by atoms with Crippen LogP contribution in [0.1, 0.15) is 50.6 Å². The molecule has 2 aromatic carbocycles. The minimum absolute atomic E-state index is 0.0526. The summed E-state index contributed by atoms with van der Waals surface area (Å²) in [6.45, 7) is 7.71. The Balaban J connectivity index is 1.83. The second-order valence-electron chi connectivity index (χ2n) is 7.68. The van der Waals surface area contributed by atoms with E-state index in [1.54, 1.807) is 4.68 Å². The maximum absolute atomic E-state index is 13.4. The third-order valence-electron chi connectivity index (χ3n) is 5.47. The van der Waals surface area contributed by atoms with Crippen LogP contribution in [-0.4, -0.2) is 21.5 Å². The fourth-order valence-electron chi connectivity index (χ4n) is 3.95. The molecule has 0 radical (unpaired) electrons. The molecular formula is C23H22ClN3O2. The molecule has 4 rings (SSSR count). The Labute approximate surface area is 174 Å². The van der Waals surface area contributed by atoms with Crippen molar-refractivity contribution in [3.63, 3.8) is 0 Å². The number of aromatic nitrogens is 2. The van der Waals surface area contributed by atoms with E-state index in [-0.39, 0.29) is 18.1 Å². The molecule has 0 bridgehead atoms. The van der Waals surface area contributed by atoms with Gasteiger partial charge in [-0.25, -0.2) is 4.68 Å². The van der Waals surface area contributed by atoms with E-state index in [0.29, 0.717) is 16.4 Å². The van der Waals surface area contributed by atoms with Crippen molar-refractivity contribution in [2.45, 2.75) is 40.0 Å². The molecule has 1 aliphatic heterocycles. The van der Waals surface area contributed by atoms with E-state index < -0.39 is 5.92 Å². The number of rotatable bonds is 3. The highest BCUT2D eigenvalue weighted by atomic mass is 35.5. The van der Waals surface area contributed by atoms with Crippen molar-refractivity contribution in [3.05, 3.63) is 74.9 Å². The number of amides is 1. The van der Waals surface area contributed by atoms with Gasteiger partial charge in [-0.05, 0) is 51.0 Å². The first-order chi connectivity index (χ1) is 13.8. The Morgan fingerprint density at radius 3 is 2.55 bits per heavy atom. The van der Waals surface area contributed by atoms with Crippen LogP contribution >= 0.6 is 11.6 Å². The molecule has 1 atom stereocenters. The molecule has 1 aromatic heterocycles. The Morgan fingerprint density at radius 1 is 1.10 bits per heavy atom. The molecule has 0 fully saturated rings. The van der Waals surface area contributed by atoms with Crippen LogP contribution in [-0.2, 0) is 4.79 Å². The zero-order valence-corrected chi connectivity index (χ0v) is 17.6. The lowest BCUT2D eigenvalue weighted by atomic mass is 9.84. The number of benzene rings is 2. The fraction of sp³-hybridized carbons (Fsp3) is 0.261. The second-order valence-corrected chi connectivity index (χ2v) is 8.09. The zero-order chi connectivity index (χ0) is 20.9. The molecule has 0 saturated heterocycles. The van der Waals surface area contributed by atoms with Crippen LogP contribution < -0.4 is 5.32 Å². The quantitative estimate of drug-likeness (QED) is 0.616. The first-order valence-electron chi connectivity index (χ1n) is 9.53. The fourth-order valence-corrected chi connectivity index (χ4v) is 4.12. The molecular weight excluding hydrogens is 386 g/mol. The molecule has 1 amide bonds. The van der Waals surface area contributed by atoms with Gasteiger partial charge in [0, 0.05) is 22.6 Å². The minimum atomic E-state index is -0.560. The molecule has 0 saturated carbocycles. The van der Waals surface area contributed by atoms with Gasteiger partial charge >= 0.3 is 0 Å². The summed E-state index contributed by atoms with van der Waals surface area (Å²) >= 11 is 6.29. The molecule has 29 heavy (non-hydrogen) atoms. The third-order valence-corrected chi connectivity index (χ3v) is 5.87. The number of nitrogens with one attached hydrogen (secondary N) is 1. The summed E-state index contributed by atoms with van der Waals surface area (Å²) in [5.41, 5.74) is 5.85. The smallest absolute Gasteiger partial charge is 0.226 e. The van der Waals surface area contributed by atoms with Crippen molar-refractivity contribution in [2.24, 2.45) is 0 Å². The molecule has 1 aliphatic rings. The van der Waals surface area contributed by atoms with Crippen LogP contribution in [0.5, 0.6) is 0 Å². The number of anilines is 1. The van der Waals surface area contributed by atoms with Gasteiger partial charge in [0.05, 0.1) is 17.3 Å². The van der Waals surface area contributed by atoms with Crippen LogP contribution in [0.3, 0.4) is 0 Å². The van der Waals surface area contributed by atoms with Gasteiger partial charge in [0.2, 0.25) is 5.91 Å². The van der Waals surface area contributed by atoms with Crippen molar-refractivity contribution in [3.8, 4) is 5.69 Å². The van der Waals surface area contributed by atoms with Gasteiger partial charge in [0.1, 0.15) is 5.82 Å². The second kappa shape index (κ2) is 7.16. The van der Waals surface area contributed by atoms with Crippen molar-refractivity contribution in [2.75, 3.05) is 5.32 Å². The van der Waals surface area contributed by atoms with Crippen molar-refractivity contribution in [1.29, 1.82) is 0 Å². The lowest BCUT2D eigenvalue weighted by molar-refractivity contribution is -0.116. The standard InChI is InChI=1S/C23H22ClN3O2/c1-12-5-8-17(14(3)9-12)22(29)18-11-20(28)25-23-21(18)15(4)26-27(23)16-7-6-13(2)19(24)10-16/h5-10,18H,11H2,1-4H3,(H,25,28). The number of Topliss-reactive ketones (excluding diaryl/α,β-unsaturated/α-hetero) is 1. The Hall–Kier alpha value is -2.92. The summed E-state index contributed by atoms with van der Waals surface area (Å²) in [4.78, 5) is 25.9. The third kappa shape index (κ3) is 3.36. The lowest BCUT2D eigenvalue weighted by Crippen LogP contribution is -2.28. The Morgan fingerprint density at radius 2 is 1.86 bits per heavy atom. The highest BCUT2D eigenvalue weighted by Gasteiger charge is 2.36. The molecule has 0 aliphatic carbocycles. The normalized spacial score (nSPS) is 15.8. The number of carbonyl (C=O) groups is 2. The number of fused-ring (bicyclic) bond motifs is 1. The van der Waals surface area contributed by atoms with Crippen LogP contribution in [0.2, 0.25) is 5.02 Å². The maximum Gasteiger partial charge on any atom is 0.226 e. The van der Waals surface area contributed by atoms with Crippen LogP contribution in [0, 0.1) is 27.7 Å². The van der Waals surface area contributed by atoms with Crippen molar-refractivity contribution < 1.29 is 9.59 Å². The summed E-state index contributed by atoms with van der Waals surface area (Å²) in [5, 5.41) is 8.15. The Kier molecular flexibility index (Phi) is 4.79. The largest absolute Gasteiger partial charge is 0.310 e. The summed E-state index contributed by atoms with van der Waals surface area (Å²) in [5.74, 6) is -0.264. The van der Waals surface area contributed by atoms with Crippen molar-refractivity contribution in [1.82, 2.24) is 9.78 Å². The lowest BCUT2D eigenvalue weighted by Gasteiger charge is -2.24. The average molecular weight is 408 g/mol. The van der Waals surface area contributed by atoms with Gasteiger partial charge in [-0.3, -0.25) is 9.59 Å². The van der Waals surface area contributed by atoms with E-state index in [2.05, 4.69) is 10.4 Å². The first-order valence-corrected chi connectivity index (χ1v) is 9.91. The molecule has 1 unspecified atom stereocenters. The van der Waals surface area contributed by atoms with Gasteiger partial charge in [-0.15, -0.1) is 0 Å². The predicted molar refractivity (Wildman–Crippen MR) is 114 cm³/mol. The SMILES string of the molecule is Cc1ccc(C(=O)C2CC(=O)Nc3c2c(C)nn3-c2ccc(C)c(Cl)c2)c(C)c1. The maximum atomic E-state index is 13.4. The average Bonchev–Trinajstić information content (AvgIpc) is 2.99. The van der Waals surface area contributed by atoms with Gasteiger partial charge in [-0.2, -0.15) is 5.10 Å². The van der Waals surface area contributed by atoms with E-state index in [9.17, 15) is 9.59 Å². The highest BCUT2D eigenvalue weighted by molar-refractivity contribution is 6.31. The zero-order valence-electron chi connectivity index (χ0n) is 16.8. The molecule has 6 heteroatoms. The molecule has 5 nitrogen and oxygen atoms in total. The van der Waals surface area contributed by atoms with Crippen LogP contribution in [0.4, 0.5) is 5.82 Å². The molecule has 1 N–H and O–H groups in total. The van der Waals surface area contributed by atoms with Crippen LogP contribution in [0.25, 0.3) is 5.69 Å². The topological polar surface area (TPSA) is 64.0 Å². The van der Waals surface area contributed by atoms with Crippen molar-refractivity contribution >= 4 is 29.1 Å². The number of aryl methyl sites for hydroxylation is 4. The molecule has 0 spiro atoms. The van der Waals surface area contributed by atoms with E-state index in [4.69, 9.17) is 11.6 Å². The monoisotopic (exact) mass is 407 g/mol. The van der Waals surface area contributed by atoms with Gasteiger partial charge in [-0.1, -0.05) is 41.4 Å². The molecule has 3 aromatic rings. The summed E-state index contributed by atoms with van der Waals surface area (Å²) < 4.78 is 1.66. The highest BCUT2D eigenvalue weighted by Crippen LogP contribution is 2.39. The number of hydrogen-bond acceptors (Lipinski definition) is 3. The summed E-state index contributed by atoms with van der Waals surface area (Å²) in [6.07, 6.45) is 0.111. The number of carbonyl (C=O) groups excluding carboxylic acids is 2. The molecule has 2 heterocycles. The molecule has 148 valence electrons. The van der Waals surface area contributed by atoms with E-state index in [0.717, 1.165) is 33.6 Å². The van der Waals surface area contributed by atoms with E-state index in [1.807, 2.05) is 64.1 Å². The van der Waals surface area contributed by atoms with Crippen LogP contribution in [0.15, 0.2) is 36.4 Å². The predicted octanol–water partition coefficient (Wildman–Crippen LogP) is 5.07. The van der Waals surface area contributed by atoms with Gasteiger partial charge < -0.3 is 5.32 Å². The van der Waals surface area contributed by atoms with E-state index in [1.165, 1.54) is 0 Å². The number of nitrogens with zero attached hydrogens (tertiary/aromatic N) is 2. The van der Waals surface area contributed by atoms with E-state index >= 15 is 0 Å². The first kappa shape index (κ1) is 19.4. The summed E-state index contributed by atoms with van der Waals surface area (Å²) in [6, 6.07) is 11.4. The summed E-state index contributed by atoms with van der Waals surface area (Å²) in [7, 11) is 0. The van der Waals surface area contributed by atoms with Gasteiger partial charge in [0.25, 0.3) is 0 Å². The number of ketones is 1. The number of halogens is 1. The number of hydrogen-bond donors (Lipinski definition) is 1. The minimum Gasteiger partial charge on any atom is -0.310 e. The van der Waals surface area contributed by atoms with Gasteiger partial charge in [0.15, 0.2) is 5.78 Å².